The summed E-state index contributed by atoms with van der Waals surface area (Å²) >= 11 is 13.4. The number of thioether (sulfide) groups is 1. The number of anilines is 1. The molecular formula is C19H19Cl2FN2OS. The van der Waals surface area contributed by atoms with E-state index in [1.165, 1.54) is 17.8 Å². The number of hydrogen-bond donors (Lipinski definition) is 0. The van der Waals surface area contributed by atoms with Gasteiger partial charge in [-0.15, -0.1) is 11.8 Å². The van der Waals surface area contributed by atoms with E-state index >= 15 is 0 Å². The first kappa shape index (κ1) is 19.3. The van der Waals surface area contributed by atoms with Gasteiger partial charge in [0.1, 0.15) is 5.82 Å². The van der Waals surface area contributed by atoms with Crippen LogP contribution in [0.4, 0.5) is 10.1 Å². The molecule has 26 heavy (non-hydrogen) atoms. The molecule has 1 aliphatic rings. The highest BCUT2D eigenvalue weighted by Gasteiger charge is 2.21. The summed E-state index contributed by atoms with van der Waals surface area (Å²) in [6.07, 6.45) is 0. The molecule has 1 amide bonds. The molecule has 0 aromatic heterocycles. The van der Waals surface area contributed by atoms with Crippen molar-refractivity contribution < 1.29 is 9.18 Å². The fourth-order valence-corrected chi connectivity index (χ4v) is 4.34. The lowest BCUT2D eigenvalue weighted by molar-refractivity contribution is -0.128. The molecule has 0 N–H and O–H groups in total. The normalized spacial score (nSPS) is 14.6. The summed E-state index contributed by atoms with van der Waals surface area (Å²) in [6.45, 7) is 2.89. The quantitative estimate of drug-likeness (QED) is 0.709. The van der Waals surface area contributed by atoms with E-state index in [-0.39, 0.29) is 11.7 Å². The highest BCUT2D eigenvalue weighted by atomic mass is 35.5. The average Bonchev–Trinajstić information content (AvgIpc) is 2.64. The molecule has 1 heterocycles. The zero-order chi connectivity index (χ0) is 18.5. The van der Waals surface area contributed by atoms with E-state index in [2.05, 4.69) is 4.90 Å². The zero-order valence-corrected chi connectivity index (χ0v) is 16.5. The fourth-order valence-electron chi connectivity index (χ4n) is 2.89. The van der Waals surface area contributed by atoms with Crippen LogP contribution in [0.25, 0.3) is 0 Å². The van der Waals surface area contributed by atoms with Crippen LogP contribution in [0.1, 0.15) is 5.56 Å². The van der Waals surface area contributed by atoms with Crippen molar-refractivity contribution in [2.75, 3.05) is 36.8 Å². The SMILES string of the molecule is O=C(CSCc1c(F)cccc1Cl)N1CCN(c2cccc(Cl)c2)CC1. The largest absolute Gasteiger partial charge is 0.368 e. The molecule has 2 aromatic carbocycles. The van der Waals surface area contributed by atoms with Gasteiger partial charge in [-0.25, -0.2) is 4.39 Å². The molecule has 138 valence electrons. The predicted octanol–water partition coefficient (Wildman–Crippen LogP) is 4.71. The Morgan fingerprint density at radius 1 is 1.08 bits per heavy atom. The van der Waals surface area contributed by atoms with Gasteiger partial charge in [0, 0.05) is 53.2 Å². The van der Waals surface area contributed by atoms with Crippen LogP contribution >= 0.6 is 35.0 Å². The van der Waals surface area contributed by atoms with Crippen molar-refractivity contribution in [3.05, 3.63) is 63.9 Å². The third-order valence-corrected chi connectivity index (χ3v) is 5.87. The molecule has 0 unspecified atom stereocenters. The van der Waals surface area contributed by atoms with Gasteiger partial charge in [-0.2, -0.15) is 0 Å². The van der Waals surface area contributed by atoms with Crippen molar-refractivity contribution >= 4 is 46.6 Å². The van der Waals surface area contributed by atoms with E-state index in [0.29, 0.717) is 40.2 Å². The number of carbonyl (C=O) groups is 1. The van der Waals surface area contributed by atoms with Crippen molar-refractivity contribution in [1.82, 2.24) is 4.90 Å². The third kappa shape index (κ3) is 4.84. The molecule has 0 radical (unpaired) electrons. The van der Waals surface area contributed by atoms with E-state index in [4.69, 9.17) is 23.2 Å². The van der Waals surface area contributed by atoms with Gasteiger partial charge in [0.2, 0.25) is 5.91 Å². The van der Waals surface area contributed by atoms with Crippen LogP contribution in [-0.4, -0.2) is 42.7 Å². The standard InChI is InChI=1S/C19H19Cl2FN2OS/c20-14-3-1-4-15(11-14)23-7-9-24(10-8-23)19(25)13-26-12-16-17(21)5-2-6-18(16)22/h1-6,11H,7-10,12-13H2. The van der Waals surface area contributed by atoms with Crippen LogP contribution in [0, 0.1) is 5.82 Å². The number of nitrogens with zero attached hydrogens (tertiary/aromatic N) is 2. The van der Waals surface area contributed by atoms with Gasteiger partial charge in [-0.05, 0) is 30.3 Å². The number of benzene rings is 2. The van der Waals surface area contributed by atoms with E-state index in [9.17, 15) is 9.18 Å². The Morgan fingerprint density at radius 2 is 1.81 bits per heavy atom. The van der Waals surface area contributed by atoms with Gasteiger partial charge >= 0.3 is 0 Å². The van der Waals surface area contributed by atoms with Crippen molar-refractivity contribution in [1.29, 1.82) is 0 Å². The fraction of sp³-hybridized carbons (Fsp3) is 0.316. The molecule has 3 nitrogen and oxygen atoms in total. The Kier molecular flexibility index (Phi) is 6.68. The lowest BCUT2D eigenvalue weighted by Crippen LogP contribution is -2.49. The maximum Gasteiger partial charge on any atom is 0.232 e. The van der Waals surface area contributed by atoms with Crippen molar-refractivity contribution in [2.24, 2.45) is 0 Å². The lowest BCUT2D eigenvalue weighted by atomic mass is 10.2. The number of hydrogen-bond acceptors (Lipinski definition) is 3. The van der Waals surface area contributed by atoms with Crippen LogP contribution in [0.3, 0.4) is 0 Å². The number of rotatable bonds is 5. The number of amides is 1. The topological polar surface area (TPSA) is 23.6 Å². The molecule has 0 spiro atoms. The second-order valence-corrected chi connectivity index (χ2v) is 7.87. The molecular weight excluding hydrogens is 394 g/mol. The molecule has 1 aliphatic heterocycles. The molecule has 0 bridgehead atoms. The van der Waals surface area contributed by atoms with Crippen molar-refractivity contribution in [3.63, 3.8) is 0 Å². The van der Waals surface area contributed by atoms with Crippen LogP contribution < -0.4 is 4.90 Å². The van der Waals surface area contributed by atoms with Gasteiger partial charge in [0.25, 0.3) is 0 Å². The highest BCUT2D eigenvalue weighted by Crippen LogP contribution is 2.24. The average molecular weight is 413 g/mol. The van der Waals surface area contributed by atoms with Gasteiger partial charge < -0.3 is 9.80 Å². The summed E-state index contributed by atoms with van der Waals surface area (Å²) < 4.78 is 13.8. The molecule has 7 heteroatoms. The first-order chi connectivity index (χ1) is 12.5. The van der Waals surface area contributed by atoms with E-state index < -0.39 is 0 Å². The minimum atomic E-state index is -0.326. The Balaban J connectivity index is 1.47. The summed E-state index contributed by atoms with van der Waals surface area (Å²) in [5, 5.41) is 1.12. The van der Waals surface area contributed by atoms with Crippen LogP contribution in [0.2, 0.25) is 10.0 Å². The summed E-state index contributed by atoms with van der Waals surface area (Å²) in [5.74, 6) is 0.461. The summed E-state index contributed by atoms with van der Waals surface area (Å²) in [5.41, 5.74) is 1.53. The second-order valence-electron chi connectivity index (χ2n) is 6.04. The maximum absolute atomic E-state index is 13.8. The minimum absolute atomic E-state index is 0.0770. The molecule has 0 aliphatic carbocycles. The summed E-state index contributed by atoms with van der Waals surface area (Å²) in [6, 6.07) is 12.4. The van der Waals surface area contributed by atoms with E-state index in [1.807, 2.05) is 29.2 Å². The summed E-state index contributed by atoms with van der Waals surface area (Å²) in [4.78, 5) is 16.5. The minimum Gasteiger partial charge on any atom is -0.368 e. The van der Waals surface area contributed by atoms with E-state index in [0.717, 1.165) is 18.8 Å². The lowest BCUT2D eigenvalue weighted by Gasteiger charge is -2.36. The van der Waals surface area contributed by atoms with Crippen LogP contribution in [0.5, 0.6) is 0 Å². The molecule has 0 saturated carbocycles. The number of piperazine rings is 1. The van der Waals surface area contributed by atoms with Gasteiger partial charge in [-0.1, -0.05) is 35.3 Å². The summed E-state index contributed by atoms with van der Waals surface area (Å²) in [7, 11) is 0. The molecule has 1 saturated heterocycles. The number of halogens is 3. The smallest absolute Gasteiger partial charge is 0.232 e. The molecule has 2 aromatic rings. The monoisotopic (exact) mass is 412 g/mol. The van der Waals surface area contributed by atoms with Crippen molar-refractivity contribution in [2.45, 2.75) is 5.75 Å². The Morgan fingerprint density at radius 3 is 2.50 bits per heavy atom. The zero-order valence-electron chi connectivity index (χ0n) is 14.1. The highest BCUT2D eigenvalue weighted by molar-refractivity contribution is 7.99. The molecule has 0 atom stereocenters. The second kappa shape index (κ2) is 8.98. The number of carbonyl (C=O) groups excluding carboxylic acids is 1. The van der Waals surface area contributed by atoms with Crippen LogP contribution in [-0.2, 0) is 10.5 Å². The van der Waals surface area contributed by atoms with Gasteiger partial charge in [0.05, 0.1) is 5.75 Å². The first-order valence-electron chi connectivity index (χ1n) is 8.33. The van der Waals surface area contributed by atoms with Crippen LogP contribution in [0.15, 0.2) is 42.5 Å². The molecule has 1 fully saturated rings. The first-order valence-corrected chi connectivity index (χ1v) is 10.2. The Hall–Kier alpha value is -1.43. The van der Waals surface area contributed by atoms with Gasteiger partial charge in [0.15, 0.2) is 0 Å². The molecule has 3 rings (SSSR count). The van der Waals surface area contributed by atoms with Gasteiger partial charge in [-0.3, -0.25) is 4.79 Å². The van der Waals surface area contributed by atoms with Crippen molar-refractivity contribution in [3.8, 4) is 0 Å². The predicted molar refractivity (Wildman–Crippen MR) is 108 cm³/mol. The maximum atomic E-state index is 13.8. The Bertz CT molecular complexity index is 762. The Labute approximate surface area is 167 Å². The van der Waals surface area contributed by atoms with E-state index in [1.54, 1.807) is 12.1 Å². The third-order valence-electron chi connectivity index (χ3n) is 4.34.